The third-order valence-corrected chi connectivity index (χ3v) is 4.84. The van der Waals surface area contributed by atoms with Crippen LogP contribution in [0.3, 0.4) is 0 Å². The summed E-state index contributed by atoms with van der Waals surface area (Å²) in [6, 6.07) is 10.3. The lowest BCUT2D eigenvalue weighted by molar-refractivity contribution is 0.0394. The van der Waals surface area contributed by atoms with E-state index in [-0.39, 0.29) is 11.5 Å². The minimum Gasteiger partial charge on any atom is -0.379 e. The smallest absolute Gasteiger partial charge is 0.258 e. The molecule has 0 unspecified atom stereocenters. The average molecular weight is 467 g/mol. The van der Waals surface area contributed by atoms with E-state index in [0.717, 1.165) is 41.9 Å². The largest absolute Gasteiger partial charge is 0.379 e. The fourth-order valence-electron chi connectivity index (χ4n) is 2.73. The van der Waals surface area contributed by atoms with Crippen LogP contribution in [-0.4, -0.2) is 56.2 Å². The number of guanidine groups is 1. The van der Waals surface area contributed by atoms with Crippen molar-refractivity contribution in [1.82, 2.24) is 10.2 Å². The molecule has 0 aromatic heterocycles. The molecule has 0 spiro atoms. The summed E-state index contributed by atoms with van der Waals surface area (Å²) in [5, 5.41) is 5.69. The van der Waals surface area contributed by atoms with Crippen molar-refractivity contribution in [3.05, 3.63) is 64.1 Å². The number of rotatable bonds is 5. The summed E-state index contributed by atoms with van der Waals surface area (Å²) >= 11 is 3.37. The van der Waals surface area contributed by atoms with E-state index in [1.807, 2.05) is 24.3 Å². The zero-order valence-electron chi connectivity index (χ0n) is 15.6. The van der Waals surface area contributed by atoms with Gasteiger partial charge in [0.2, 0.25) is 5.96 Å². The molecule has 29 heavy (non-hydrogen) atoms. The number of carbonyl (C=O) groups excluding carboxylic acids is 1. The number of aliphatic imine (C=N–C) groups is 1. The molecule has 3 rings (SSSR count). The molecular weight excluding hydrogens is 446 g/mol. The Hall–Kier alpha value is -2.36. The van der Waals surface area contributed by atoms with E-state index in [2.05, 4.69) is 36.5 Å². The molecule has 0 aliphatic carbocycles. The molecule has 1 aliphatic rings. The van der Waals surface area contributed by atoms with Crippen molar-refractivity contribution in [1.29, 1.82) is 0 Å². The Bertz CT molecular complexity index is 871. The lowest BCUT2D eigenvalue weighted by Gasteiger charge is -2.25. The predicted octanol–water partition coefficient (Wildman–Crippen LogP) is 3.26. The Morgan fingerprint density at radius 1 is 1.10 bits per heavy atom. The van der Waals surface area contributed by atoms with Gasteiger partial charge in [0.25, 0.3) is 5.91 Å². The molecule has 154 valence electrons. The number of nitrogens with one attached hydrogen (secondary N) is 2. The molecule has 2 aromatic rings. The molecule has 1 amide bonds. The van der Waals surface area contributed by atoms with E-state index in [1.165, 1.54) is 6.07 Å². The lowest BCUT2D eigenvalue weighted by atomic mass is 10.2. The first-order valence-corrected chi connectivity index (χ1v) is 9.94. The highest BCUT2D eigenvalue weighted by atomic mass is 79.9. The van der Waals surface area contributed by atoms with Gasteiger partial charge in [-0.25, -0.2) is 8.78 Å². The number of ether oxygens (including phenoxy) is 1. The summed E-state index contributed by atoms with van der Waals surface area (Å²) in [5.74, 6) is -2.44. The van der Waals surface area contributed by atoms with Crippen LogP contribution in [0.25, 0.3) is 0 Å². The Balaban J connectivity index is 1.69. The molecule has 0 bridgehead atoms. The second kappa shape index (κ2) is 10.4. The van der Waals surface area contributed by atoms with Crippen molar-refractivity contribution in [2.75, 3.05) is 44.7 Å². The van der Waals surface area contributed by atoms with Crippen molar-refractivity contribution in [3.63, 3.8) is 0 Å². The maximum absolute atomic E-state index is 13.4. The van der Waals surface area contributed by atoms with Crippen LogP contribution in [0.2, 0.25) is 0 Å². The van der Waals surface area contributed by atoms with Crippen LogP contribution in [0.4, 0.5) is 14.5 Å². The summed E-state index contributed by atoms with van der Waals surface area (Å²) in [5.41, 5.74) is 0.728. The van der Waals surface area contributed by atoms with Gasteiger partial charge in [-0.1, -0.05) is 15.9 Å². The van der Waals surface area contributed by atoms with Gasteiger partial charge in [0.15, 0.2) is 11.6 Å². The number of halogens is 3. The minimum atomic E-state index is -1.08. The molecule has 1 aliphatic heterocycles. The average Bonchev–Trinajstić information content (AvgIpc) is 2.72. The van der Waals surface area contributed by atoms with Gasteiger partial charge in [0, 0.05) is 35.4 Å². The highest BCUT2D eigenvalue weighted by Crippen LogP contribution is 2.14. The number of morpholine rings is 1. The van der Waals surface area contributed by atoms with E-state index in [0.29, 0.717) is 19.8 Å². The van der Waals surface area contributed by atoms with Gasteiger partial charge in [-0.15, -0.1) is 0 Å². The Morgan fingerprint density at radius 3 is 2.52 bits per heavy atom. The molecule has 1 saturated heterocycles. The van der Waals surface area contributed by atoms with E-state index < -0.39 is 17.5 Å². The van der Waals surface area contributed by atoms with Gasteiger partial charge in [-0.3, -0.25) is 20.0 Å². The highest BCUT2D eigenvalue weighted by molar-refractivity contribution is 9.10. The number of benzene rings is 2. The van der Waals surface area contributed by atoms with Crippen LogP contribution in [-0.2, 0) is 4.74 Å². The van der Waals surface area contributed by atoms with Crippen LogP contribution in [0.1, 0.15) is 10.4 Å². The Kier molecular flexibility index (Phi) is 7.68. The molecule has 2 N–H and O–H groups in total. The number of hydrogen-bond acceptors (Lipinski definition) is 4. The number of amides is 1. The third kappa shape index (κ3) is 6.59. The topological polar surface area (TPSA) is 66.0 Å². The van der Waals surface area contributed by atoms with Crippen LogP contribution >= 0.6 is 15.9 Å². The highest BCUT2D eigenvalue weighted by Gasteiger charge is 2.13. The lowest BCUT2D eigenvalue weighted by Crippen LogP contribution is -2.39. The molecule has 9 heteroatoms. The SMILES string of the molecule is O=C(NC(=NCCN1CCOCC1)Nc1ccc(Br)cc1)c1ccc(F)c(F)c1. The van der Waals surface area contributed by atoms with Gasteiger partial charge >= 0.3 is 0 Å². The van der Waals surface area contributed by atoms with Crippen molar-refractivity contribution >= 4 is 33.5 Å². The first-order chi connectivity index (χ1) is 14.0. The summed E-state index contributed by atoms with van der Waals surface area (Å²) in [7, 11) is 0. The normalized spacial score (nSPS) is 15.2. The van der Waals surface area contributed by atoms with Crippen LogP contribution in [0.15, 0.2) is 51.9 Å². The molecule has 0 atom stereocenters. The summed E-state index contributed by atoms with van der Waals surface area (Å²) in [6.07, 6.45) is 0. The van der Waals surface area contributed by atoms with Gasteiger partial charge in [-0.05, 0) is 42.5 Å². The maximum atomic E-state index is 13.4. The van der Waals surface area contributed by atoms with Gasteiger partial charge in [0.05, 0.1) is 19.8 Å². The molecule has 0 saturated carbocycles. The van der Waals surface area contributed by atoms with Gasteiger partial charge < -0.3 is 10.1 Å². The summed E-state index contributed by atoms with van der Waals surface area (Å²) < 4.78 is 32.8. The van der Waals surface area contributed by atoms with E-state index in [4.69, 9.17) is 4.74 Å². The van der Waals surface area contributed by atoms with Gasteiger partial charge in [-0.2, -0.15) is 0 Å². The molecule has 6 nitrogen and oxygen atoms in total. The van der Waals surface area contributed by atoms with E-state index in [1.54, 1.807) is 0 Å². The van der Waals surface area contributed by atoms with Crippen molar-refractivity contribution in [2.45, 2.75) is 0 Å². The molecule has 1 fully saturated rings. The summed E-state index contributed by atoms with van der Waals surface area (Å²) in [6.45, 7) is 4.24. The molecule has 0 radical (unpaired) electrons. The Labute approximate surface area is 176 Å². The summed E-state index contributed by atoms with van der Waals surface area (Å²) in [4.78, 5) is 19.1. The third-order valence-electron chi connectivity index (χ3n) is 4.31. The van der Waals surface area contributed by atoms with Crippen molar-refractivity contribution in [2.24, 2.45) is 4.99 Å². The van der Waals surface area contributed by atoms with E-state index in [9.17, 15) is 13.6 Å². The van der Waals surface area contributed by atoms with Gasteiger partial charge in [0.1, 0.15) is 0 Å². The molecule has 2 aromatic carbocycles. The maximum Gasteiger partial charge on any atom is 0.258 e. The fraction of sp³-hybridized carbons (Fsp3) is 0.300. The van der Waals surface area contributed by atoms with Crippen molar-refractivity contribution < 1.29 is 18.3 Å². The van der Waals surface area contributed by atoms with Crippen LogP contribution in [0, 0.1) is 11.6 Å². The zero-order valence-corrected chi connectivity index (χ0v) is 17.2. The minimum absolute atomic E-state index is 0.00221. The van der Waals surface area contributed by atoms with Crippen LogP contribution in [0.5, 0.6) is 0 Å². The Morgan fingerprint density at radius 2 is 1.83 bits per heavy atom. The van der Waals surface area contributed by atoms with E-state index >= 15 is 0 Å². The fourth-order valence-corrected chi connectivity index (χ4v) is 2.99. The van der Waals surface area contributed by atoms with Crippen molar-refractivity contribution in [3.8, 4) is 0 Å². The quantitative estimate of drug-likeness (QED) is 0.524. The standard InChI is InChI=1S/C20H21BrF2N4O2/c21-15-2-4-16(5-3-15)25-20(24-7-8-27-9-11-29-12-10-27)26-19(28)14-1-6-17(22)18(23)13-14/h1-6,13H,7-12H2,(H2,24,25,26,28). The molecule has 1 heterocycles. The second-order valence-corrected chi connectivity index (χ2v) is 7.31. The second-order valence-electron chi connectivity index (χ2n) is 6.40. The van der Waals surface area contributed by atoms with Crippen LogP contribution < -0.4 is 10.6 Å². The number of anilines is 1. The first-order valence-electron chi connectivity index (χ1n) is 9.15. The first kappa shape index (κ1) is 21.4. The number of nitrogens with zero attached hydrogens (tertiary/aromatic N) is 2. The monoisotopic (exact) mass is 466 g/mol. The zero-order chi connectivity index (χ0) is 20.6. The molecular formula is C20H21BrF2N4O2. The predicted molar refractivity (Wildman–Crippen MR) is 111 cm³/mol. The number of hydrogen-bond donors (Lipinski definition) is 2. The number of carbonyl (C=O) groups is 1.